The largest absolute Gasteiger partial charge is 0.308 e. The molecule has 1 aliphatic rings. The Hall–Kier alpha value is -1.64. The van der Waals surface area contributed by atoms with E-state index < -0.39 is 0 Å². The van der Waals surface area contributed by atoms with Gasteiger partial charge in [0.05, 0.1) is 0 Å². The van der Waals surface area contributed by atoms with E-state index in [1.165, 1.54) is 62.6 Å². The van der Waals surface area contributed by atoms with Crippen molar-refractivity contribution in [2.24, 2.45) is 0 Å². The van der Waals surface area contributed by atoms with Crippen molar-refractivity contribution in [1.82, 2.24) is 9.80 Å². The second-order valence-corrected chi connectivity index (χ2v) is 8.33. The molecule has 2 aromatic rings. The van der Waals surface area contributed by atoms with E-state index in [1.807, 2.05) is 0 Å². The minimum absolute atomic E-state index is 0.736. The van der Waals surface area contributed by atoms with Gasteiger partial charge in [-0.25, -0.2) is 0 Å². The number of rotatable bonds is 9. The summed E-state index contributed by atoms with van der Waals surface area (Å²) >= 11 is 0. The lowest BCUT2D eigenvalue weighted by Gasteiger charge is -2.43. The number of likely N-dealkylation sites (N-methyl/N-ethyl adjacent to an activating group) is 1. The molecule has 0 saturated carbocycles. The molecule has 0 unspecified atom stereocenters. The average Bonchev–Trinajstić information content (AvgIpc) is 2.71. The van der Waals surface area contributed by atoms with Crippen LogP contribution < -0.4 is 0 Å². The summed E-state index contributed by atoms with van der Waals surface area (Å²) in [7, 11) is 4.39. The van der Waals surface area contributed by atoms with Crippen LogP contribution in [0.25, 0.3) is 0 Å². The van der Waals surface area contributed by atoms with Crippen molar-refractivity contribution in [3.05, 3.63) is 71.8 Å². The van der Waals surface area contributed by atoms with Gasteiger partial charge in [-0.15, -0.1) is 0 Å². The molecule has 3 rings (SSSR count). The Morgan fingerprint density at radius 1 is 0.778 bits per heavy atom. The third kappa shape index (κ3) is 6.48. The summed E-state index contributed by atoms with van der Waals surface area (Å²) in [5.41, 5.74) is 2.97. The van der Waals surface area contributed by atoms with Gasteiger partial charge in [0.25, 0.3) is 0 Å². The molecule has 0 spiro atoms. The van der Waals surface area contributed by atoms with Crippen molar-refractivity contribution in [3.8, 4) is 0 Å². The molecule has 2 nitrogen and oxygen atoms in total. The molecule has 0 aromatic heterocycles. The summed E-state index contributed by atoms with van der Waals surface area (Å²) in [6.45, 7) is 2.36. The molecular weight excluding hydrogens is 328 g/mol. The van der Waals surface area contributed by atoms with Crippen LogP contribution in [0.4, 0.5) is 0 Å². The van der Waals surface area contributed by atoms with Gasteiger partial charge in [-0.05, 0) is 63.7 Å². The predicted molar refractivity (Wildman–Crippen MR) is 116 cm³/mol. The van der Waals surface area contributed by atoms with Crippen LogP contribution in [0.1, 0.15) is 43.2 Å². The fraction of sp³-hybridized carbons (Fsp3) is 0.520. The number of benzene rings is 2. The van der Waals surface area contributed by atoms with Gasteiger partial charge in [-0.3, -0.25) is 4.90 Å². The highest BCUT2D eigenvalue weighted by molar-refractivity contribution is 5.16. The molecule has 0 N–H and O–H groups in total. The fourth-order valence-electron chi connectivity index (χ4n) is 4.48. The number of hydrogen-bond acceptors (Lipinski definition) is 2. The fourth-order valence-corrected chi connectivity index (χ4v) is 4.48. The maximum atomic E-state index is 2.86. The van der Waals surface area contributed by atoms with Crippen LogP contribution in [0.15, 0.2) is 60.7 Å². The molecule has 1 saturated heterocycles. The van der Waals surface area contributed by atoms with Crippen LogP contribution in [-0.2, 0) is 12.8 Å². The quantitative estimate of drug-likeness (QED) is 0.615. The highest BCUT2D eigenvalue weighted by atomic mass is 15.2. The van der Waals surface area contributed by atoms with Crippen LogP contribution >= 0.6 is 0 Å². The molecular formula is C25H36N2. The van der Waals surface area contributed by atoms with Crippen LogP contribution in [0.5, 0.6) is 0 Å². The molecule has 0 radical (unpaired) electrons. The highest BCUT2D eigenvalue weighted by Crippen LogP contribution is 2.28. The van der Waals surface area contributed by atoms with Crippen LogP contribution in [0.3, 0.4) is 0 Å². The molecule has 146 valence electrons. The first kappa shape index (κ1) is 20.1. The first-order chi connectivity index (χ1) is 13.2. The van der Waals surface area contributed by atoms with E-state index in [4.69, 9.17) is 0 Å². The number of nitrogens with zero attached hydrogens (tertiary/aromatic N) is 2. The van der Waals surface area contributed by atoms with Crippen molar-refractivity contribution >= 4 is 0 Å². The molecule has 2 heteroatoms. The first-order valence-corrected chi connectivity index (χ1v) is 10.7. The molecule has 1 heterocycles. The molecule has 2 atom stereocenters. The van der Waals surface area contributed by atoms with Gasteiger partial charge >= 0.3 is 0 Å². The van der Waals surface area contributed by atoms with Gasteiger partial charge in [0, 0.05) is 25.2 Å². The Labute approximate surface area is 166 Å². The molecule has 0 amide bonds. The summed E-state index contributed by atoms with van der Waals surface area (Å²) < 4.78 is 0. The van der Waals surface area contributed by atoms with Crippen LogP contribution in [0, 0.1) is 0 Å². The lowest BCUT2D eigenvalue weighted by molar-refractivity contribution is 0.0657. The Morgan fingerprint density at radius 2 is 1.26 bits per heavy atom. The van der Waals surface area contributed by atoms with E-state index in [2.05, 4.69) is 84.6 Å². The number of aryl methyl sites for hydroxylation is 2. The van der Waals surface area contributed by atoms with E-state index in [0.29, 0.717) is 0 Å². The maximum Gasteiger partial charge on any atom is 0.0115 e. The number of hydrogen-bond donors (Lipinski definition) is 0. The van der Waals surface area contributed by atoms with Gasteiger partial charge in [0.2, 0.25) is 0 Å². The smallest absolute Gasteiger partial charge is 0.0115 e. The summed E-state index contributed by atoms with van der Waals surface area (Å²) in [6.07, 6.45) is 9.10. The Morgan fingerprint density at radius 3 is 1.70 bits per heavy atom. The molecule has 2 aromatic carbocycles. The molecule has 0 aliphatic carbocycles. The van der Waals surface area contributed by atoms with E-state index in [-0.39, 0.29) is 0 Å². The molecule has 1 aliphatic heterocycles. The second-order valence-electron chi connectivity index (χ2n) is 8.33. The van der Waals surface area contributed by atoms with Crippen LogP contribution in [0.2, 0.25) is 0 Å². The van der Waals surface area contributed by atoms with Crippen LogP contribution in [-0.4, -0.2) is 49.1 Å². The Balaban J connectivity index is 1.61. The zero-order chi connectivity index (χ0) is 18.9. The lowest BCUT2D eigenvalue weighted by Crippen LogP contribution is -2.49. The van der Waals surface area contributed by atoms with Gasteiger partial charge in [-0.2, -0.15) is 0 Å². The van der Waals surface area contributed by atoms with E-state index in [0.717, 1.165) is 18.6 Å². The van der Waals surface area contributed by atoms with E-state index >= 15 is 0 Å². The standard InChI is InChI=1S/C25H36N2/c1-26(2)20-21-27-24(18-16-22-10-5-3-6-11-22)14-9-15-25(27)19-17-23-12-7-4-8-13-23/h3-8,10-13,24-25H,9,14-21H2,1-2H3/t24-,25+. The minimum Gasteiger partial charge on any atom is -0.308 e. The monoisotopic (exact) mass is 364 g/mol. The van der Waals surface area contributed by atoms with E-state index in [1.54, 1.807) is 0 Å². The summed E-state index contributed by atoms with van der Waals surface area (Å²) in [5, 5.41) is 0. The minimum atomic E-state index is 0.736. The third-order valence-corrected chi connectivity index (χ3v) is 6.04. The molecule has 27 heavy (non-hydrogen) atoms. The molecule has 0 bridgehead atoms. The van der Waals surface area contributed by atoms with Gasteiger partial charge < -0.3 is 4.90 Å². The zero-order valence-electron chi connectivity index (χ0n) is 17.2. The Bertz CT molecular complexity index is 586. The second kappa shape index (κ2) is 10.6. The third-order valence-electron chi connectivity index (χ3n) is 6.04. The first-order valence-electron chi connectivity index (χ1n) is 10.7. The lowest BCUT2D eigenvalue weighted by atomic mass is 9.88. The maximum absolute atomic E-state index is 2.86. The van der Waals surface area contributed by atoms with Gasteiger partial charge in [0.1, 0.15) is 0 Å². The topological polar surface area (TPSA) is 6.48 Å². The normalized spacial score (nSPS) is 20.9. The van der Waals surface area contributed by atoms with Gasteiger partial charge in [-0.1, -0.05) is 67.1 Å². The average molecular weight is 365 g/mol. The molecule has 1 fully saturated rings. The Kier molecular flexibility index (Phi) is 7.92. The number of piperidine rings is 1. The summed E-state index contributed by atoms with van der Waals surface area (Å²) in [4.78, 5) is 5.19. The SMILES string of the molecule is CN(C)CCN1[C@@H](CCc2ccccc2)CCC[C@H]1CCc1ccccc1. The number of likely N-dealkylation sites (tertiary alicyclic amines) is 1. The predicted octanol–water partition coefficient (Wildman–Crippen LogP) is 5.04. The van der Waals surface area contributed by atoms with Crippen molar-refractivity contribution in [2.45, 2.75) is 57.0 Å². The highest BCUT2D eigenvalue weighted by Gasteiger charge is 2.29. The summed E-state index contributed by atoms with van der Waals surface area (Å²) in [6, 6.07) is 23.5. The van der Waals surface area contributed by atoms with Crippen molar-refractivity contribution < 1.29 is 0 Å². The van der Waals surface area contributed by atoms with Crippen molar-refractivity contribution in [3.63, 3.8) is 0 Å². The van der Waals surface area contributed by atoms with Gasteiger partial charge in [0.15, 0.2) is 0 Å². The summed E-state index contributed by atoms with van der Waals surface area (Å²) in [5.74, 6) is 0. The zero-order valence-corrected chi connectivity index (χ0v) is 17.2. The van der Waals surface area contributed by atoms with E-state index in [9.17, 15) is 0 Å². The van der Waals surface area contributed by atoms with Crippen molar-refractivity contribution in [2.75, 3.05) is 27.2 Å². The van der Waals surface area contributed by atoms with Crippen molar-refractivity contribution in [1.29, 1.82) is 0 Å².